The first kappa shape index (κ1) is 12.2. The van der Waals surface area contributed by atoms with Crippen molar-refractivity contribution in [1.29, 1.82) is 0 Å². The lowest BCUT2D eigenvalue weighted by molar-refractivity contribution is -0.00525. The number of benzene rings is 1. The minimum Gasteiger partial charge on any atom is -0.399 e. The highest BCUT2D eigenvalue weighted by Crippen LogP contribution is 2.26. The molecular weight excluding hydrogens is 212 g/mol. The van der Waals surface area contributed by atoms with Crippen molar-refractivity contribution in [1.82, 2.24) is 0 Å². The molecule has 1 aliphatic rings. The Kier molecular flexibility index (Phi) is 3.57. The van der Waals surface area contributed by atoms with E-state index in [0.717, 1.165) is 25.2 Å². The minimum absolute atomic E-state index is 0.293. The number of ether oxygens (including phenoxy) is 1. The van der Waals surface area contributed by atoms with Gasteiger partial charge >= 0.3 is 0 Å². The Hall–Kier alpha value is -1.22. The highest BCUT2D eigenvalue weighted by atomic mass is 16.5. The summed E-state index contributed by atoms with van der Waals surface area (Å²) in [6, 6.07) is 6.21. The zero-order valence-corrected chi connectivity index (χ0v) is 10.9. The summed E-state index contributed by atoms with van der Waals surface area (Å²) in [6.07, 6.45) is 1.60. The lowest BCUT2D eigenvalue weighted by Gasteiger charge is -2.37. The fourth-order valence-corrected chi connectivity index (χ4v) is 2.57. The summed E-state index contributed by atoms with van der Waals surface area (Å²) in [7, 11) is 0. The third kappa shape index (κ3) is 2.72. The average molecular weight is 234 g/mol. The normalized spacial score (nSPS) is 25.0. The van der Waals surface area contributed by atoms with Crippen molar-refractivity contribution in [2.24, 2.45) is 0 Å². The maximum Gasteiger partial charge on any atom is 0.0726 e. The summed E-state index contributed by atoms with van der Waals surface area (Å²) in [6.45, 7) is 8.35. The number of nitrogens with two attached hydrogens (primary N) is 1. The van der Waals surface area contributed by atoms with Gasteiger partial charge in [-0.05, 0) is 44.0 Å². The fourth-order valence-electron chi connectivity index (χ4n) is 2.57. The maximum absolute atomic E-state index is 5.84. The number of rotatable bonds is 2. The van der Waals surface area contributed by atoms with E-state index < -0.39 is 0 Å². The maximum atomic E-state index is 5.84. The highest BCUT2D eigenvalue weighted by molar-refractivity contribution is 5.60. The number of hydrogen-bond acceptors (Lipinski definition) is 3. The Balaban J connectivity index is 2.26. The number of aryl methyl sites for hydroxylation is 1. The first-order valence-corrected chi connectivity index (χ1v) is 6.39. The van der Waals surface area contributed by atoms with Crippen molar-refractivity contribution in [2.45, 2.75) is 39.4 Å². The standard InChI is InChI=1S/C14H22N2O/c1-4-12-7-13(15)5-6-14(12)16-8-10(2)17-11(3)9-16/h5-7,10-11H,4,8-9,15H2,1-3H3/t10-,11-/m0/s1. The van der Waals surface area contributed by atoms with Crippen LogP contribution in [0.2, 0.25) is 0 Å². The first-order valence-electron chi connectivity index (χ1n) is 6.39. The molecule has 0 amide bonds. The van der Waals surface area contributed by atoms with Crippen LogP contribution in [0.3, 0.4) is 0 Å². The van der Waals surface area contributed by atoms with Crippen LogP contribution in [0.5, 0.6) is 0 Å². The first-order chi connectivity index (χ1) is 8.10. The van der Waals surface area contributed by atoms with Gasteiger partial charge in [-0.25, -0.2) is 0 Å². The zero-order valence-electron chi connectivity index (χ0n) is 10.9. The second-order valence-corrected chi connectivity index (χ2v) is 4.90. The number of nitrogens with zero attached hydrogens (tertiary/aromatic N) is 1. The molecule has 2 N–H and O–H groups in total. The quantitative estimate of drug-likeness (QED) is 0.799. The van der Waals surface area contributed by atoms with Crippen molar-refractivity contribution in [3.63, 3.8) is 0 Å². The second-order valence-electron chi connectivity index (χ2n) is 4.90. The molecule has 0 saturated carbocycles. The van der Waals surface area contributed by atoms with E-state index in [1.807, 2.05) is 6.07 Å². The lowest BCUT2D eigenvalue weighted by Crippen LogP contribution is -2.45. The molecule has 1 aliphatic heterocycles. The van der Waals surface area contributed by atoms with Gasteiger partial charge in [0.05, 0.1) is 12.2 Å². The summed E-state index contributed by atoms with van der Waals surface area (Å²) in [5, 5.41) is 0. The van der Waals surface area contributed by atoms with Gasteiger partial charge in [0.25, 0.3) is 0 Å². The molecule has 0 aliphatic carbocycles. The van der Waals surface area contributed by atoms with Crippen molar-refractivity contribution in [3.8, 4) is 0 Å². The van der Waals surface area contributed by atoms with Crippen LogP contribution in [-0.2, 0) is 11.2 Å². The van der Waals surface area contributed by atoms with Gasteiger partial charge in [-0.1, -0.05) is 6.92 Å². The van der Waals surface area contributed by atoms with Crippen LogP contribution in [0, 0.1) is 0 Å². The van der Waals surface area contributed by atoms with Crippen LogP contribution in [0.1, 0.15) is 26.3 Å². The third-order valence-corrected chi connectivity index (χ3v) is 3.24. The lowest BCUT2D eigenvalue weighted by atomic mass is 10.1. The van der Waals surface area contributed by atoms with Crippen LogP contribution in [0.25, 0.3) is 0 Å². The molecule has 0 bridgehead atoms. The number of nitrogen functional groups attached to an aromatic ring is 1. The Labute approximate surface area is 104 Å². The van der Waals surface area contributed by atoms with Crippen LogP contribution in [-0.4, -0.2) is 25.3 Å². The molecule has 3 heteroatoms. The highest BCUT2D eigenvalue weighted by Gasteiger charge is 2.23. The molecule has 1 aromatic carbocycles. The largest absolute Gasteiger partial charge is 0.399 e. The third-order valence-electron chi connectivity index (χ3n) is 3.24. The summed E-state index contributed by atoms with van der Waals surface area (Å²) >= 11 is 0. The molecule has 94 valence electrons. The minimum atomic E-state index is 0.293. The topological polar surface area (TPSA) is 38.5 Å². The van der Waals surface area contributed by atoms with E-state index in [9.17, 15) is 0 Å². The molecule has 1 heterocycles. The van der Waals surface area contributed by atoms with Crippen LogP contribution < -0.4 is 10.6 Å². The van der Waals surface area contributed by atoms with E-state index in [4.69, 9.17) is 10.5 Å². The van der Waals surface area contributed by atoms with E-state index in [1.54, 1.807) is 0 Å². The molecule has 17 heavy (non-hydrogen) atoms. The van der Waals surface area contributed by atoms with E-state index in [-0.39, 0.29) is 0 Å². The summed E-state index contributed by atoms with van der Waals surface area (Å²) in [4.78, 5) is 2.41. The van der Waals surface area contributed by atoms with Gasteiger partial charge in [0.1, 0.15) is 0 Å². The van der Waals surface area contributed by atoms with E-state index >= 15 is 0 Å². The van der Waals surface area contributed by atoms with Crippen molar-refractivity contribution < 1.29 is 4.74 Å². The summed E-state index contributed by atoms with van der Waals surface area (Å²) in [5.74, 6) is 0. The number of morpholine rings is 1. The van der Waals surface area contributed by atoms with Gasteiger partial charge in [-0.2, -0.15) is 0 Å². The molecule has 0 spiro atoms. The van der Waals surface area contributed by atoms with Crippen LogP contribution in [0.15, 0.2) is 18.2 Å². The summed E-state index contributed by atoms with van der Waals surface area (Å²) < 4.78 is 5.77. The monoisotopic (exact) mass is 234 g/mol. The number of anilines is 2. The molecule has 2 atom stereocenters. The Morgan fingerprint density at radius 1 is 1.29 bits per heavy atom. The molecule has 1 saturated heterocycles. The van der Waals surface area contributed by atoms with Gasteiger partial charge < -0.3 is 15.4 Å². The van der Waals surface area contributed by atoms with Crippen LogP contribution >= 0.6 is 0 Å². The van der Waals surface area contributed by atoms with Crippen molar-refractivity contribution in [3.05, 3.63) is 23.8 Å². The summed E-state index contributed by atoms with van der Waals surface area (Å²) in [5.41, 5.74) is 9.33. The van der Waals surface area contributed by atoms with E-state index in [1.165, 1.54) is 11.3 Å². The average Bonchev–Trinajstić information content (AvgIpc) is 2.27. The molecule has 0 radical (unpaired) electrons. The predicted molar refractivity (Wildman–Crippen MR) is 72.5 cm³/mol. The molecule has 0 aromatic heterocycles. The number of hydrogen-bond donors (Lipinski definition) is 1. The fraction of sp³-hybridized carbons (Fsp3) is 0.571. The van der Waals surface area contributed by atoms with Gasteiger partial charge in [0.15, 0.2) is 0 Å². The molecule has 2 rings (SSSR count). The van der Waals surface area contributed by atoms with E-state index in [0.29, 0.717) is 12.2 Å². The Morgan fingerprint density at radius 2 is 1.94 bits per heavy atom. The van der Waals surface area contributed by atoms with Gasteiger partial charge in [-0.3, -0.25) is 0 Å². The molecule has 3 nitrogen and oxygen atoms in total. The Bertz CT molecular complexity index is 382. The van der Waals surface area contributed by atoms with Crippen LogP contribution in [0.4, 0.5) is 11.4 Å². The van der Waals surface area contributed by atoms with Gasteiger partial charge in [0.2, 0.25) is 0 Å². The predicted octanol–water partition coefficient (Wildman–Crippen LogP) is 2.44. The molecule has 0 unspecified atom stereocenters. The zero-order chi connectivity index (χ0) is 12.4. The van der Waals surface area contributed by atoms with Gasteiger partial charge in [-0.15, -0.1) is 0 Å². The SMILES string of the molecule is CCc1cc(N)ccc1N1C[C@H](C)O[C@@H](C)C1. The Morgan fingerprint density at radius 3 is 2.53 bits per heavy atom. The molecule has 1 aromatic rings. The molecular formula is C14H22N2O. The second kappa shape index (κ2) is 4.96. The van der Waals surface area contributed by atoms with Crippen molar-refractivity contribution >= 4 is 11.4 Å². The van der Waals surface area contributed by atoms with Gasteiger partial charge in [0, 0.05) is 24.5 Å². The smallest absolute Gasteiger partial charge is 0.0726 e. The van der Waals surface area contributed by atoms with Crippen molar-refractivity contribution in [2.75, 3.05) is 23.7 Å². The van der Waals surface area contributed by atoms with E-state index in [2.05, 4.69) is 37.8 Å². The molecule has 1 fully saturated rings.